The zero-order valence-electron chi connectivity index (χ0n) is 5.59. The first-order valence-electron chi connectivity index (χ1n) is 2.85. The lowest BCUT2D eigenvalue weighted by molar-refractivity contribution is -0.150. The Morgan fingerprint density at radius 2 is 2.33 bits per heavy atom. The predicted octanol–water partition coefficient (Wildman–Crippen LogP) is 0.527. The minimum Gasteiger partial charge on any atom is -0.455 e. The molecule has 0 spiro atoms. The third kappa shape index (κ3) is 3.70. The molecular formula is C6H10O3. The molecule has 0 aliphatic carbocycles. The molecule has 0 bridgehead atoms. The van der Waals surface area contributed by atoms with Crippen molar-refractivity contribution in [1.29, 1.82) is 0 Å². The summed E-state index contributed by atoms with van der Waals surface area (Å²) in [7, 11) is 0. The lowest BCUT2D eigenvalue weighted by Crippen LogP contribution is -2.14. The molecule has 0 aliphatic heterocycles. The smallest absolute Gasteiger partial charge is 0.306 e. The number of aldehydes is 1. The summed E-state index contributed by atoms with van der Waals surface area (Å²) in [6.45, 7) is 3.21. The number of esters is 1. The Morgan fingerprint density at radius 3 is 2.67 bits per heavy atom. The van der Waals surface area contributed by atoms with Gasteiger partial charge in [0, 0.05) is 6.42 Å². The second-order valence-electron chi connectivity index (χ2n) is 1.68. The molecule has 52 valence electrons. The molecule has 0 aromatic rings. The lowest BCUT2D eigenvalue weighted by Gasteiger charge is -2.03. The summed E-state index contributed by atoms with van der Waals surface area (Å²) in [6, 6.07) is 0. The molecule has 1 unspecified atom stereocenters. The van der Waals surface area contributed by atoms with Crippen LogP contribution >= 0.6 is 0 Å². The molecule has 0 N–H and O–H groups in total. The van der Waals surface area contributed by atoms with E-state index in [1.165, 1.54) is 6.92 Å². The minimum absolute atomic E-state index is 0.318. The number of rotatable bonds is 3. The Bertz CT molecular complexity index is 109. The number of hydrogen-bond donors (Lipinski definition) is 0. The van der Waals surface area contributed by atoms with Crippen LogP contribution in [0.15, 0.2) is 0 Å². The number of hydrogen-bond acceptors (Lipinski definition) is 3. The lowest BCUT2D eigenvalue weighted by atomic mass is 10.4. The molecule has 1 atom stereocenters. The highest BCUT2D eigenvalue weighted by molar-refractivity contribution is 5.71. The fraction of sp³-hybridized carbons (Fsp3) is 0.667. The van der Waals surface area contributed by atoms with Crippen molar-refractivity contribution in [2.45, 2.75) is 26.4 Å². The quantitative estimate of drug-likeness (QED) is 0.413. The molecule has 0 aromatic heterocycles. The largest absolute Gasteiger partial charge is 0.455 e. The fourth-order valence-electron chi connectivity index (χ4n) is 0.318. The zero-order valence-corrected chi connectivity index (χ0v) is 5.59. The van der Waals surface area contributed by atoms with Crippen LogP contribution in [-0.4, -0.2) is 18.4 Å². The average Bonchev–Trinajstić information content (AvgIpc) is 1.87. The molecule has 0 heterocycles. The van der Waals surface area contributed by atoms with Gasteiger partial charge in [-0.15, -0.1) is 0 Å². The summed E-state index contributed by atoms with van der Waals surface area (Å²) < 4.78 is 4.54. The summed E-state index contributed by atoms with van der Waals surface area (Å²) in [6.07, 6.45) is 0.309. The Hall–Kier alpha value is -0.860. The first-order chi connectivity index (χ1) is 4.20. The van der Waals surface area contributed by atoms with Gasteiger partial charge in [-0.1, -0.05) is 6.92 Å². The fourth-order valence-corrected chi connectivity index (χ4v) is 0.318. The molecular weight excluding hydrogens is 120 g/mol. The molecule has 0 saturated carbocycles. The third-order valence-electron chi connectivity index (χ3n) is 0.798. The molecule has 0 rings (SSSR count). The van der Waals surface area contributed by atoms with Crippen LogP contribution in [0.3, 0.4) is 0 Å². The normalized spacial score (nSPS) is 12.2. The molecule has 0 amide bonds. The van der Waals surface area contributed by atoms with Gasteiger partial charge in [0.1, 0.15) is 0 Å². The Morgan fingerprint density at radius 1 is 1.78 bits per heavy atom. The van der Waals surface area contributed by atoms with Gasteiger partial charge in [0.05, 0.1) is 0 Å². The molecule has 0 aromatic carbocycles. The second kappa shape index (κ2) is 4.06. The number of ether oxygens (including phenoxy) is 1. The summed E-state index contributed by atoms with van der Waals surface area (Å²) in [5.41, 5.74) is 0. The van der Waals surface area contributed by atoms with Crippen molar-refractivity contribution in [2.24, 2.45) is 0 Å². The van der Waals surface area contributed by atoms with E-state index in [1.54, 1.807) is 6.92 Å². The van der Waals surface area contributed by atoms with Crippen molar-refractivity contribution >= 4 is 12.3 Å². The van der Waals surface area contributed by atoms with Gasteiger partial charge in [-0.25, -0.2) is 0 Å². The third-order valence-corrected chi connectivity index (χ3v) is 0.798. The molecule has 0 saturated heterocycles. The summed E-state index contributed by atoms with van der Waals surface area (Å²) in [5.74, 6) is -0.338. The van der Waals surface area contributed by atoms with Crippen LogP contribution in [0.25, 0.3) is 0 Å². The Balaban J connectivity index is 3.46. The highest BCUT2D eigenvalue weighted by Crippen LogP contribution is 1.89. The molecule has 3 heteroatoms. The number of carbonyl (C=O) groups is 2. The standard InChI is InChI=1S/C6H10O3/c1-3-6(8)9-5(2)4-7/h4-5H,3H2,1-2H3. The van der Waals surface area contributed by atoms with Crippen LogP contribution in [0.1, 0.15) is 20.3 Å². The van der Waals surface area contributed by atoms with E-state index >= 15 is 0 Å². The summed E-state index contributed by atoms with van der Waals surface area (Å²) in [5, 5.41) is 0. The summed E-state index contributed by atoms with van der Waals surface area (Å²) in [4.78, 5) is 20.3. The average molecular weight is 130 g/mol. The van der Waals surface area contributed by atoms with E-state index in [4.69, 9.17) is 0 Å². The maximum absolute atomic E-state index is 10.4. The van der Waals surface area contributed by atoms with Crippen molar-refractivity contribution in [3.63, 3.8) is 0 Å². The van der Waals surface area contributed by atoms with Gasteiger partial charge in [-0.3, -0.25) is 9.59 Å². The van der Waals surface area contributed by atoms with E-state index in [0.29, 0.717) is 12.7 Å². The van der Waals surface area contributed by atoms with Crippen molar-refractivity contribution in [3.05, 3.63) is 0 Å². The SMILES string of the molecule is CCC(=O)OC(C)C=O. The first-order valence-corrected chi connectivity index (χ1v) is 2.85. The Kier molecular flexibility index (Phi) is 3.67. The van der Waals surface area contributed by atoms with Crippen molar-refractivity contribution < 1.29 is 14.3 Å². The van der Waals surface area contributed by atoms with Crippen molar-refractivity contribution in [1.82, 2.24) is 0 Å². The van der Waals surface area contributed by atoms with Crippen LogP contribution in [0.5, 0.6) is 0 Å². The van der Waals surface area contributed by atoms with E-state index in [0.717, 1.165) is 0 Å². The molecule has 3 nitrogen and oxygen atoms in total. The predicted molar refractivity (Wildman–Crippen MR) is 31.9 cm³/mol. The van der Waals surface area contributed by atoms with Gasteiger partial charge in [-0.05, 0) is 6.92 Å². The van der Waals surface area contributed by atoms with Crippen molar-refractivity contribution in [2.75, 3.05) is 0 Å². The number of carbonyl (C=O) groups excluding carboxylic acids is 2. The second-order valence-corrected chi connectivity index (χ2v) is 1.68. The van der Waals surface area contributed by atoms with Crippen LogP contribution in [-0.2, 0) is 14.3 Å². The highest BCUT2D eigenvalue weighted by atomic mass is 16.5. The van der Waals surface area contributed by atoms with Gasteiger partial charge < -0.3 is 4.74 Å². The van der Waals surface area contributed by atoms with Crippen LogP contribution in [0.4, 0.5) is 0 Å². The van der Waals surface area contributed by atoms with Gasteiger partial charge in [0.2, 0.25) is 0 Å². The van der Waals surface area contributed by atoms with Crippen LogP contribution in [0.2, 0.25) is 0 Å². The van der Waals surface area contributed by atoms with E-state index < -0.39 is 6.10 Å². The van der Waals surface area contributed by atoms with E-state index in [1.807, 2.05) is 0 Å². The van der Waals surface area contributed by atoms with E-state index in [9.17, 15) is 9.59 Å². The van der Waals surface area contributed by atoms with E-state index in [2.05, 4.69) is 4.74 Å². The molecule has 0 radical (unpaired) electrons. The minimum atomic E-state index is -0.600. The maximum atomic E-state index is 10.4. The van der Waals surface area contributed by atoms with Gasteiger partial charge in [0.25, 0.3) is 0 Å². The van der Waals surface area contributed by atoms with Crippen LogP contribution < -0.4 is 0 Å². The highest BCUT2D eigenvalue weighted by Gasteiger charge is 2.03. The van der Waals surface area contributed by atoms with Crippen molar-refractivity contribution in [3.8, 4) is 0 Å². The van der Waals surface area contributed by atoms with Gasteiger partial charge >= 0.3 is 5.97 Å². The van der Waals surface area contributed by atoms with Gasteiger partial charge in [-0.2, -0.15) is 0 Å². The van der Waals surface area contributed by atoms with E-state index in [-0.39, 0.29) is 5.97 Å². The maximum Gasteiger partial charge on any atom is 0.306 e. The first kappa shape index (κ1) is 8.14. The Labute approximate surface area is 54.0 Å². The van der Waals surface area contributed by atoms with Crippen LogP contribution in [0, 0.1) is 0 Å². The topological polar surface area (TPSA) is 43.4 Å². The van der Waals surface area contributed by atoms with Gasteiger partial charge in [0.15, 0.2) is 12.4 Å². The monoisotopic (exact) mass is 130 g/mol. The molecule has 0 aliphatic rings. The molecule has 9 heavy (non-hydrogen) atoms. The molecule has 0 fully saturated rings. The zero-order chi connectivity index (χ0) is 7.28. The summed E-state index contributed by atoms with van der Waals surface area (Å²) >= 11 is 0.